The van der Waals surface area contributed by atoms with Crippen molar-refractivity contribution in [2.45, 2.75) is 45.4 Å². The summed E-state index contributed by atoms with van der Waals surface area (Å²) in [6, 6.07) is 6.83. The molecule has 0 unspecified atom stereocenters. The minimum atomic E-state index is -0.646. The van der Waals surface area contributed by atoms with Crippen LogP contribution in [0, 0.1) is 23.2 Å². The van der Waals surface area contributed by atoms with Crippen LogP contribution < -0.4 is 15.4 Å². The molecule has 0 spiro atoms. The van der Waals surface area contributed by atoms with E-state index < -0.39 is 11.9 Å². The molecule has 4 saturated carbocycles. The van der Waals surface area contributed by atoms with Gasteiger partial charge in [-0.1, -0.05) is 12.1 Å². The van der Waals surface area contributed by atoms with Crippen molar-refractivity contribution in [1.29, 1.82) is 0 Å². The third-order valence-electron chi connectivity index (χ3n) is 7.01. The van der Waals surface area contributed by atoms with Crippen LogP contribution in [0.2, 0.25) is 0 Å². The van der Waals surface area contributed by atoms with Gasteiger partial charge in [0.1, 0.15) is 12.3 Å². The molecular weight excluding hydrogens is 396 g/mol. The van der Waals surface area contributed by atoms with E-state index in [-0.39, 0.29) is 24.5 Å². The standard InChI is InChI=1S/C24H32N2O5/c1-2-30-20-6-4-3-5-19(20)23(29)25-13-22(28)31-14-21(27)26-15-24-10-16-7-17(11-24)9-18(8-16)12-24/h3-6,16-18H,2,7-15H2,1H3,(H,25,29)(H,26,27). The molecule has 7 heteroatoms. The Morgan fingerprint density at radius 1 is 1.00 bits per heavy atom. The Hall–Kier alpha value is -2.57. The number of nitrogens with one attached hydrogen (secondary N) is 2. The van der Waals surface area contributed by atoms with E-state index in [4.69, 9.17) is 9.47 Å². The molecule has 168 valence electrons. The Bertz CT molecular complexity index is 802. The maximum atomic E-state index is 12.3. The Morgan fingerprint density at radius 3 is 2.29 bits per heavy atom. The van der Waals surface area contributed by atoms with Crippen molar-refractivity contribution in [3.63, 3.8) is 0 Å². The lowest BCUT2D eigenvalue weighted by Crippen LogP contribution is -2.51. The van der Waals surface area contributed by atoms with Crippen LogP contribution in [-0.4, -0.2) is 44.1 Å². The molecule has 0 aliphatic heterocycles. The molecule has 0 saturated heterocycles. The van der Waals surface area contributed by atoms with Crippen molar-refractivity contribution >= 4 is 17.8 Å². The van der Waals surface area contributed by atoms with Crippen LogP contribution in [0.5, 0.6) is 5.75 Å². The number of amides is 2. The van der Waals surface area contributed by atoms with E-state index in [1.807, 2.05) is 6.92 Å². The van der Waals surface area contributed by atoms with Gasteiger partial charge in [-0.3, -0.25) is 14.4 Å². The molecule has 7 nitrogen and oxygen atoms in total. The van der Waals surface area contributed by atoms with Gasteiger partial charge in [-0.15, -0.1) is 0 Å². The molecule has 4 aliphatic carbocycles. The number of ether oxygens (including phenoxy) is 2. The maximum Gasteiger partial charge on any atom is 0.325 e. The third-order valence-corrected chi connectivity index (χ3v) is 7.01. The summed E-state index contributed by atoms with van der Waals surface area (Å²) in [4.78, 5) is 36.5. The van der Waals surface area contributed by atoms with Crippen molar-refractivity contribution in [1.82, 2.24) is 10.6 Å². The first-order valence-corrected chi connectivity index (χ1v) is 11.4. The van der Waals surface area contributed by atoms with Crippen LogP contribution in [0.3, 0.4) is 0 Å². The number of rotatable bonds is 9. The second-order valence-corrected chi connectivity index (χ2v) is 9.47. The quantitative estimate of drug-likeness (QED) is 0.590. The number of esters is 1. The maximum absolute atomic E-state index is 12.3. The van der Waals surface area contributed by atoms with Crippen molar-refractivity contribution in [3.05, 3.63) is 29.8 Å². The molecule has 2 amide bonds. The van der Waals surface area contributed by atoms with Gasteiger partial charge in [-0.25, -0.2) is 0 Å². The molecular formula is C24H32N2O5. The van der Waals surface area contributed by atoms with Gasteiger partial charge >= 0.3 is 5.97 Å². The zero-order valence-corrected chi connectivity index (χ0v) is 18.2. The van der Waals surface area contributed by atoms with Gasteiger partial charge in [0, 0.05) is 6.54 Å². The second-order valence-electron chi connectivity index (χ2n) is 9.47. The van der Waals surface area contributed by atoms with E-state index >= 15 is 0 Å². The third kappa shape index (κ3) is 5.20. The van der Waals surface area contributed by atoms with Gasteiger partial charge in [0.15, 0.2) is 6.61 Å². The Kier molecular flexibility index (Phi) is 6.49. The highest BCUT2D eigenvalue weighted by molar-refractivity contribution is 5.98. The fourth-order valence-corrected chi connectivity index (χ4v) is 6.22. The largest absolute Gasteiger partial charge is 0.493 e. The summed E-state index contributed by atoms with van der Waals surface area (Å²) in [6.07, 6.45) is 7.75. The van der Waals surface area contributed by atoms with Crippen LogP contribution in [-0.2, 0) is 14.3 Å². The fourth-order valence-electron chi connectivity index (χ4n) is 6.22. The van der Waals surface area contributed by atoms with Gasteiger partial charge in [-0.2, -0.15) is 0 Å². The highest BCUT2D eigenvalue weighted by Gasteiger charge is 2.50. The van der Waals surface area contributed by atoms with Crippen molar-refractivity contribution in [2.24, 2.45) is 23.2 Å². The lowest BCUT2D eigenvalue weighted by Gasteiger charge is -2.56. The molecule has 0 radical (unpaired) electrons. The van der Waals surface area contributed by atoms with E-state index in [9.17, 15) is 14.4 Å². The fraction of sp³-hybridized carbons (Fsp3) is 0.625. The lowest BCUT2D eigenvalue weighted by atomic mass is 9.49. The molecule has 0 atom stereocenters. The van der Waals surface area contributed by atoms with Gasteiger partial charge in [0.05, 0.1) is 12.2 Å². The van der Waals surface area contributed by atoms with Crippen LogP contribution in [0.1, 0.15) is 55.8 Å². The van der Waals surface area contributed by atoms with Crippen LogP contribution >= 0.6 is 0 Å². The number of para-hydroxylation sites is 1. The van der Waals surface area contributed by atoms with Crippen LogP contribution in [0.25, 0.3) is 0 Å². The monoisotopic (exact) mass is 428 g/mol. The van der Waals surface area contributed by atoms with E-state index in [0.717, 1.165) is 17.8 Å². The summed E-state index contributed by atoms with van der Waals surface area (Å²) in [5.41, 5.74) is 0.599. The van der Waals surface area contributed by atoms with E-state index in [2.05, 4.69) is 10.6 Å². The summed E-state index contributed by atoms with van der Waals surface area (Å²) in [5.74, 6) is 1.60. The van der Waals surface area contributed by atoms with Crippen molar-refractivity contribution in [3.8, 4) is 5.75 Å². The molecule has 1 aromatic carbocycles. The topological polar surface area (TPSA) is 93.7 Å². The average molecular weight is 429 g/mol. The molecule has 1 aromatic rings. The molecule has 0 heterocycles. The average Bonchev–Trinajstić information content (AvgIpc) is 2.74. The molecule has 4 aliphatic rings. The Labute approximate surface area is 183 Å². The minimum absolute atomic E-state index is 0.246. The van der Waals surface area contributed by atoms with Crippen molar-refractivity contribution < 1.29 is 23.9 Å². The van der Waals surface area contributed by atoms with Gasteiger partial charge in [0.25, 0.3) is 11.8 Å². The Balaban J connectivity index is 1.17. The van der Waals surface area contributed by atoms with E-state index in [1.165, 1.54) is 38.5 Å². The summed E-state index contributed by atoms with van der Waals surface area (Å²) >= 11 is 0. The molecule has 4 bridgehead atoms. The number of hydrogen-bond donors (Lipinski definition) is 2. The summed E-state index contributed by atoms with van der Waals surface area (Å²) in [7, 11) is 0. The summed E-state index contributed by atoms with van der Waals surface area (Å²) < 4.78 is 10.5. The number of hydrogen-bond acceptors (Lipinski definition) is 5. The van der Waals surface area contributed by atoms with E-state index in [1.54, 1.807) is 24.3 Å². The van der Waals surface area contributed by atoms with E-state index in [0.29, 0.717) is 24.5 Å². The van der Waals surface area contributed by atoms with Gasteiger partial charge in [0.2, 0.25) is 0 Å². The summed E-state index contributed by atoms with van der Waals surface area (Å²) in [5, 5.41) is 5.50. The predicted molar refractivity (Wildman–Crippen MR) is 115 cm³/mol. The second kappa shape index (κ2) is 9.28. The van der Waals surface area contributed by atoms with Crippen molar-refractivity contribution in [2.75, 3.05) is 26.3 Å². The van der Waals surface area contributed by atoms with Gasteiger partial charge < -0.3 is 20.1 Å². The highest BCUT2D eigenvalue weighted by atomic mass is 16.5. The molecule has 4 fully saturated rings. The molecule has 0 aromatic heterocycles. The number of carbonyl (C=O) groups excluding carboxylic acids is 3. The first kappa shape index (κ1) is 21.7. The first-order chi connectivity index (χ1) is 15.0. The summed E-state index contributed by atoms with van der Waals surface area (Å²) in [6.45, 7) is 2.32. The molecule has 2 N–H and O–H groups in total. The minimum Gasteiger partial charge on any atom is -0.493 e. The lowest BCUT2D eigenvalue weighted by molar-refractivity contribution is -0.147. The smallest absolute Gasteiger partial charge is 0.325 e. The number of carbonyl (C=O) groups is 3. The van der Waals surface area contributed by atoms with Gasteiger partial charge in [-0.05, 0) is 80.8 Å². The molecule has 31 heavy (non-hydrogen) atoms. The first-order valence-electron chi connectivity index (χ1n) is 11.4. The van der Waals surface area contributed by atoms with Crippen LogP contribution in [0.15, 0.2) is 24.3 Å². The zero-order chi connectivity index (χ0) is 21.8. The molecule has 5 rings (SSSR count). The predicted octanol–water partition coefficient (Wildman–Crippen LogP) is 2.69. The normalized spacial score (nSPS) is 28.1. The number of benzene rings is 1. The Morgan fingerprint density at radius 2 is 1.65 bits per heavy atom. The zero-order valence-electron chi connectivity index (χ0n) is 18.2. The van der Waals surface area contributed by atoms with Crippen LogP contribution in [0.4, 0.5) is 0 Å². The SMILES string of the molecule is CCOc1ccccc1C(=O)NCC(=O)OCC(=O)NCC12CC3CC(CC(C3)C1)C2. The highest BCUT2D eigenvalue weighted by Crippen LogP contribution is 2.59.